The van der Waals surface area contributed by atoms with E-state index in [2.05, 4.69) is 31.4 Å². The van der Waals surface area contributed by atoms with Crippen LogP contribution in [0, 0.1) is 0 Å². The third-order valence-corrected chi connectivity index (χ3v) is 13.0. The van der Waals surface area contributed by atoms with Gasteiger partial charge in [-0.2, -0.15) is 17.8 Å². The topological polar surface area (TPSA) is 140 Å². The number of ether oxygens (including phenoxy) is 3. The molecule has 14 nitrogen and oxygen atoms in total. The highest BCUT2D eigenvalue weighted by Crippen LogP contribution is 2.48. The molecule has 4 aromatic rings. The quantitative estimate of drug-likeness (QED) is 0.262. The van der Waals surface area contributed by atoms with Crippen molar-refractivity contribution in [3.8, 4) is 17.0 Å². The molecule has 2 aromatic carbocycles. The molecular formula is C41H51N7O7S. The van der Waals surface area contributed by atoms with Gasteiger partial charge in [0.05, 0.1) is 62.7 Å². The molecule has 1 unspecified atom stereocenters. The lowest BCUT2D eigenvalue weighted by molar-refractivity contribution is -0.0306. The van der Waals surface area contributed by atoms with Crippen molar-refractivity contribution in [1.82, 2.24) is 33.2 Å². The molecule has 0 radical (unpaired) electrons. The zero-order valence-corrected chi connectivity index (χ0v) is 33.4. The molecular weight excluding hydrogens is 735 g/mol. The summed E-state index contributed by atoms with van der Waals surface area (Å²) >= 11 is 0. The van der Waals surface area contributed by atoms with Gasteiger partial charge in [0.25, 0.3) is 11.8 Å². The van der Waals surface area contributed by atoms with Gasteiger partial charge < -0.3 is 28.6 Å². The molecule has 2 amide bonds. The second-order valence-corrected chi connectivity index (χ2v) is 17.2. The third kappa shape index (κ3) is 7.38. The first-order chi connectivity index (χ1) is 27.0. The van der Waals surface area contributed by atoms with E-state index < -0.39 is 16.1 Å². The maximum absolute atomic E-state index is 14.4. The number of aryl methyl sites for hydroxylation is 1. The minimum absolute atomic E-state index is 0.0958. The summed E-state index contributed by atoms with van der Waals surface area (Å²) in [7, 11) is 3.44. The maximum atomic E-state index is 14.4. The van der Waals surface area contributed by atoms with Crippen LogP contribution in [-0.4, -0.2) is 129 Å². The number of methoxy groups -OCH3 is 1. The van der Waals surface area contributed by atoms with Gasteiger partial charge in [-0.1, -0.05) is 25.3 Å². The Labute approximate surface area is 328 Å². The number of nitrogens with zero attached hydrogens (tertiary/aromatic N) is 6. The largest absolute Gasteiger partial charge is 0.497 e. The minimum Gasteiger partial charge on any atom is -0.497 e. The molecule has 1 N–H and O–H groups in total. The van der Waals surface area contributed by atoms with E-state index in [0.717, 1.165) is 59.0 Å². The Morgan fingerprint density at radius 2 is 1.79 bits per heavy atom. The van der Waals surface area contributed by atoms with Crippen LogP contribution in [0.2, 0.25) is 0 Å². The lowest BCUT2D eigenvalue weighted by Crippen LogP contribution is -2.48. The monoisotopic (exact) mass is 785 g/mol. The molecule has 8 rings (SSSR count). The van der Waals surface area contributed by atoms with Crippen molar-refractivity contribution in [1.29, 1.82) is 0 Å². The first-order valence-electron chi connectivity index (χ1n) is 19.6. The number of allylic oxidation sites excluding steroid dienone is 1. The van der Waals surface area contributed by atoms with Gasteiger partial charge >= 0.3 is 10.2 Å². The van der Waals surface area contributed by atoms with Gasteiger partial charge in [-0.15, -0.1) is 0 Å². The summed E-state index contributed by atoms with van der Waals surface area (Å²) in [5.74, 6) is 0.216. The smallest absolute Gasteiger partial charge is 0.304 e. The fraction of sp³-hybridized carbons (Fsp3) is 0.488. The van der Waals surface area contributed by atoms with Crippen LogP contribution < -0.4 is 9.46 Å². The molecule has 3 aliphatic heterocycles. The van der Waals surface area contributed by atoms with Gasteiger partial charge in [0.1, 0.15) is 5.75 Å². The number of likely N-dealkylation sites (N-methyl/N-ethyl adjacent to an activating group) is 1. The summed E-state index contributed by atoms with van der Waals surface area (Å²) in [5.41, 5.74) is 7.41. The van der Waals surface area contributed by atoms with Gasteiger partial charge in [-0.05, 0) is 86.0 Å². The van der Waals surface area contributed by atoms with Gasteiger partial charge in [-0.25, -0.2) is 4.72 Å². The van der Waals surface area contributed by atoms with E-state index >= 15 is 0 Å². The molecule has 2 saturated heterocycles. The first-order valence-corrected chi connectivity index (χ1v) is 21.0. The zero-order valence-electron chi connectivity index (χ0n) is 32.6. The van der Waals surface area contributed by atoms with E-state index in [1.165, 1.54) is 16.3 Å². The van der Waals surface area contributed by atoms with Crippen molar-refractivity contribution in [2.75, 3.05) is 73.7 Å². The molecule has 298 valence electrons. The Hall–Kier alpha value is -4.54. The van der Waals surface area contributed by atoms with Gasteiger partial charge in [-0.3, -0.25) is 14.3 Å². The van der Waals surface area contributed by atoms with Crippen LogP contribution >= 0.6 is 0 Å². The van der Waals surface area contributed by atoms with Gasteiger partial charge in [0.2, 0.25) is 0 Å². The highest BCUT2D eigenvalue weighted by atomic mass is 32.2. The van der Waals surface area contributed by atoms with E-state index in [4.69, 9.17) is 14.2 Å². The summed E-state index contributed by atoms with van der Waals surface area (Å²) in [6.45, 7) is 3.42. The molecule has 15 heteroatoms. The number of benzene rings is 2. The molecule has 2 aromatic heterocycles. The molecule has 1 atom stereocenters. The SMILES string of the molecule is COc1ccc2c(c1)C=C(c1c(C(=O)N3CCOC(CN(C)C)C3)cnn1C)Cn1c-2c(C2CCCCC2)c2ccc(C(=O)NS(=O)(=O)N3CCOCC3)cc21. The van der Waals surface area contributed by atoms with Crippen molar-refractivity contribution >= 4 is 44.6 Å². The summed E-state index contributed by atoms with van der Waals surface area (Å²) < 4.78 is 51.1. The number of carbonyl (C=O) groups excluding carboxylic acids is 2. The minimum atomic E-state index is -4.07. The number of hydrogen-bond acceptors (Lipinski definition) is 9. The van der Waals surface area contributed by atoms with Gasteiger partial charge in [0, 0.05) is 61.8 Å². The molecule has 1 saturated carbocycles. The summed E-state index contributed by atoms with van der Waals surface area (Å²) in [4.78, 5) is 32.1. The number of aromatic nitrogens is 3. The van der Waals surface area contributed by atoms with Crippen molar-refractivity contribution in [3.63, 3.8) is 0 Å². The zero-order chi connectivity index (χ0) is 39.1. The average Bonchev–Trinajstić information content (AvgIpc) is 3.69. The molecule has 0 spiro atoms. The number of nitrogens with one attached hydrogen (secondary N) is 1. The second kappa shape index (κ2) is 15.8. The molecule has 5 heterocycles. The van der Waals surface area contributed by atoms with Gasteiger partial charge in [0.15, 0.2) is 0 Å². The fourth-order valence-electron chi connectivity index (χ4n) is 8.92. The Kier molecular flexibility index (Phi) is 10.8. The molecule has 4 aliphatic rings. The molecule has 1 aliphatic carbocycles. The Balaban J connectivity index is 1.26. The highest BCUT2D eigenvalue weighted by molar-refractivity contribution is 7.87. The Morgan fingerprint density at radius 3 is 2.54 bits per heavy atom. The van der Waals surface area contributed by atoms with E-state index in [1.54, 1.807) is 24.1 Å². The van der Waals surface area contributed by atoms with Crippen LogP contribution in [0.15, 0.2) is 42.6 Å². The molecule has 0 bridgehead atoms. The van der Waals surface area contributed by atoms with Crippen LogP contribution in [0.25, 0.3) is 33.8 Å². The lowest BCUT2D eigenvalue weighted by atomic mass is 9.81. The Bertz CT molecular complexity index is 2280. The number of morpholine rings is 2. The second-order valence-electron chi connectivity index (χ2n) is 15.5. The molecule has 3 fully saturated rings. The first kappa shape index (κ1) is 38.3. The maximum Gasteiger partial charge on any atom is 0.304 e. The number of rotatable bonds is 9. The standard InChI is InChI=1S/C41H51N7O7S/c1-44(2)25-32-26-46(14-19-55-32)41(50)35-23-42-45(3)38(35)30-20-29-21-31(53-4)11-13-33(29)39-37(27-8-6-5-7-9-27)34-12-10-28(22-36(34)48(39)24-30)40(49)43-56(51,52)47-15-17-54-18-16-47/h10-13,20-23,27,32H,5-9,14-19,24-26H2,1-4H3,(H,43,49). The van der Waals surface area contributed by atoms with Crippen molar-refractivity contribution in [2.24, 2.45) is 7.05 Å². The number of carbonyl (C=O) groups is 2. The van der Waals surface area contributed by atoms with E-state index in [1.807, 2.05) is 50.3 Å². The Morgan fingerprint density at radius 1 is 1.00 bits per heavy atom. The van der Waals surface area contributed by atoms with Crippen LogP contribution in [0.4, 0.5) is 0 Å². The van der Waals surface area contributed by atoms with Crippen LogP contribution in [0.5, 0.6) is 5.75 Å². The van der Waals surface area contributed by atoms with E-state index in [0.29, 0.717) is 55.7 Å². The highest BCUT2D eigenvalue weighted by Gasteiger charge is 2.34. The number of hydrogen-bond donors (Lipinski definition) is 1. The lowest BCUT2D eigenvalue weighted by Gasteiger charge is -2.34. The predicted molar refractivity (Wildman–Crippen MR) is 214 cm³/mol. The van der Waals surface area contributed by atoms with Crippen LogP contribution in [0.1, 0.15) is 75.6 Å². The molecule has 56 heavy (non-hydrogen) atoms. The van der Waals surface area contributed by atoms with Crippen molar-refractivity contribution < 1.29 is 32.2 Å². The fourth-order valence-corrected chi connectivity index (χ4v) is 10.0. The normalized spacial score (nSPS) is 19.7. The number of amides is 2. The third-order valence-electron chi connectivity index (χ3n) is 11.6. The average molecular weight is 786 g/mol. The summed E-state index contributed by atoms with van der Waals surface area (Å²) in [6, 6.07) is 11.6. The predicted octanol–water partition coefficient (Wildman–Crippen LogP) is 4.36. The van der Waals surface area contributed by atoms with E-state index in [9.17, 15) is 18.0 Å². The summed E-state index contributed by atoms with van der Waals surface area (Å²) in [6.07, 6.45) is 9.25. The van der Waals surface area contributed by atoms with Crippen LogP contribution in [0.3, 0.4) is 0 Å². The number of fused-ring (bicyclic) bond motifs is 5. The van der Waals surface area contributed by atoms with E-state index in [-0.39, 0.29) is 43.9 Å². The summed E-state index contributed by atoms with van der Waals surface area (Å²) in [5, 5.41) is 5.67. The van der Waals surface area contributed by atoms with Crippen molar-refractivity contribution in [2.45, 2.75) is 50.7 Å². The van der Waals surface area contributed by atoms with Crippen LogP contribution in [-0.2, 0) is 33.3 Å². The van der Waals surface area contributed by atoms with Crippen molar-refractivity contribution in [3.05, 3.63) is 70.5 Å².